The van der Waals surface area contributed by atoms with E-state index in [1.165, 1.54) is 37.7 Å². The minimum absolute atomic E-state index is 0.298. The maximum absolute atomic E-state index is 11.7. The Bertz CT molecular complexity index is 534. The fraction of sp³-hybridized carbons (Fsp3) is 0.562. The predicted octanol–water partition coefficient (Wildman–Crippen LogP) is 3.30. The predicted molar refractivity (Wildman–Crippen MR) is 76.8 cm³/mol. The molecule has 2 aliphatic carbocycles. The monoisotopic (exact) mass is 289 g/mol. The van der Waals surface area contributed by atoms with E-state index in [2.05, 4.69) is 0 Å². The quantitative estimate of drug-likeness (QED) is 0.369. The minimum Gasteiger partial charge on any atom is -0.426 e. The van der Waals surface area contributed by atoms with Gasteiger partial charge in [0.2, 0.25) is 6.04 Å². The van der Waals surface area contributed by atoms with E-state index in [0.717, 1.165) is 0 Å². The lowest BCUT2D eigenvalue weighted by Gasteiger charge is -2.21. The number of hydrogen-bond acceptors (Lipinski definition) is 4. The van der Waals surface area contributed by atoms with E-state index in [1.807, 2.05) is 12.1 Å². The van der Waals surface area contributed by atoms with Crippen molar-refractivity contribution in [2.75, 3.05) is 0 Å². The van der Waals surface area contributed by atoms with Crippen LogP contribution >= 0.6 is 0 Å². The molecular formula is C16H19NO4. The summed E-state index contributed by atoms with van der Waals surface area (Å²) in [6.45, 7) is 0. The molecule has 3 rings (SSSR count). The van der Waals surface area contributed by atoms with Crippen LogP contribution < -0.4 is 4.74 Å². The number of hydrogen-bond donors (Lipinski definition) is 0. The van der Waals surface area contributed by atoms with Crippen molar-refractivity contribution in [3.05, 3.63) is 39.9 Å². The average molecular weight is 289 g/mol. The Balaban J connectivity index is 1.57. The van der Waals surface area contributed by atoms with Gasteiger partial charge in [-0.05, 0) is 36.5 Å². The lowest BCUT2D eigenvalue weighted by Crippen LogP contribution is -2.16. The average Bonchev–Trinajstić information content (AvgIpc) is 3.30. The Morgan fingerprint density at radius 3 is 2.38 bits per heavy atom. The number of esters is 1. The van der Waals surface area contributed by atoms with Crippen molar-refractivity contribution >= 4 is 5.97 Å². The number of nitrogens with zero attached hydrogens (tertiary/aromatic N) is 1. The first-order valence-electron chi connectivity index (χ1n) is 7.60. The van der Waals surface area contributed by atoms with Crippen molar-refractivity contribution in [2.45, 2.75) is 50.5 Å². The Kier molecular flexibility index (Phi) is 3.90. The molecule has 2 fully saturated rings. The molecule has 0 radical (unpaired) electrons. The van der Waals surface area contributed by atoms with Gasteiger partial charge in [0.1, 0.15) is 11.7 Å². The summed E-state index contributed by atoms with van der Waals surface area (Å²) < 4.78 is 5.22. The zero-order chi connectivity index (χ0) is 14.8. The largest absolute Gasteiger partial charge is 0.426 e. The van der Waals surface area contributed by atoms with Gasteiger partial charge in [-0.15, -0.1) is 0 Å². The third-order valence-corrected chi connectivity index (χ3v) is 4.51. The van der Waals surface area contributed by atoms with E-state index < -0.39 is 22.9 Å². The molecule has 0 bridgehead atoms. The van der Waals surface area contributed by atoms with Gasteiger partial charge in [0.25, 0.3) is 0 Å². The molecule has 1 aromatic carbocycles. The van der Waals surface area contributed by atoms with Crippen molar-refractivity contribution < 1.29 is 14.5 Å². The van der Waals surface area contributed by atoms with Crippen molar-refractivity contribution in [2.24, 2.45) is 5.92 Å². The molecular weight excluding hydrogens is 270 g/mol. The second-order valence-electron chi connectivity index (χ2n) is 6.02. The highest BCUT2D eigenvalue weighted by atomic mass is 16.6. The molecule has 0 aliphatic heterocycles. The van der Waals surface area contributed by atoms with Crippen molar-refractivity contribution in [1.29, 1.82) is 0 Å². The van der Waals surface area contributed by atoms with Gasteiger partial charge in [-0.25, -0.2) is 0 Å². The number of carbonyl (C=O) groups is 1. The van der Waals surface area contributed by atoms with Gasteiger partial charge in [0, 0.05) is 11.3 Å². The van der Waals surface area contributed by atoms with E-state index in [9.17, 15) is 14.9 Å². The first-order valence-corrected chi connectivity index (χ1v) is 7.60. The molecule has 0 saturated heterocycles. The molecule has 2 unspecified atom stereocenters. The smallest absolute Gasteiger partial charge is 0.321 e. The molecule has 0 heterocycles. The third kappa shape index (κ3) is 3.23. The normalized spacial score (nSPS) is 25.3. The lowest BCUT2D eigenvalue weighted by molar-refractivity contribution is -0.497. The standard InChI is InChI=1S/C16H19NO4/c18-16(14-10-15(14)17(19)20)21-13-8-6-12(7-9-13)11-4-2-1-3-5-11/h6-9,11,14-15H,1-5,10H2. The van der Waals surface area contributed by atoms with E-state index in [1.54, 1.807) is 12.1 Å². The molecule has 2 atom stereocenters. The van der Waals surface area contributed by atoms with Gasteiger partial charge in [-0.3, -0.25) is 14.9 Å². The fourth-order valence-electron chi connectivity index (χ4n) is 3.10. The van der Waals surface area contributed by atoms with Crippen LogP contribution in [-0.4, -0.2) is 16.9 Å². The molecule has 21 heavy (non-hydrogen) atoms. The van der Waals surface area contributed by atoms with Crippen LogP contribution in [0.3, 0.4) is 0 Å². The van der Waals surface area contributed by atoms with Crippen LogP contribution in [0.5, 0.6) is 5.75 Å². The van der Waals surface area contributed by atoms with Crippen LogP contribution in [0.25, 0.3) is 0 Å². The first kappa shape index (κ1) is 14.0. The van der Waals surface area contributed by atoms with E-state index >= 15 is 0 Å². The van der Waals surface area contributed by atoms with Gasteiger partial charge in [0.15, 0.2) is 0 Å². The van der Waals surface area contributed by atoms with Gasteiger partial charge >= 0.3 is 5.97 Å². The zero-order valence-electron chi connectivity index (χ0n) is 11.9. The first-order chi connectivity index (χ1) is 10.1. The van der Waals surface area contributed by atoms with Crippen LogP contribution in [0, 0.1) is 16.0 Å². The number of ether oxygens (including phenoxy) is 1. The zero-order valence-corrected chi connectivity index (χ0v) is 11.9. The molecule has 0 N–H and O–H groups in total. The SMILES string of the molecule is O=C(Oc1ccc(C2CCCCC2)cc1)C1CC1[N+](=O)[O-]. The molecule has 0 aromatic heterocycles. The minimum atomic E-state index is -0.751. The molecule has 2 saturated carbocycles. The van der Waals surface area contributed by atoms with Crippen molar-refractivity contribution in [3.63, 3.8) is 0 Å². The van der Waals surface area contributed by atoms with Crippen LogP contribution in [0.2, 0.25) is 0 Å². The second-order valence-corrected chi connectivity index (χ2v) is 6.02. The third-order valence-electron chi connectivity index (χ3n) is 4.51. The summed E-state index contributed by atoms with van der Waals surface area (Å²) in [5.74, 6) is 0.0412. The van der Waals surface area contributed by atoms with Crippen molar-refractivity contribution in [3.8, 4) is 5.75 Å². The molecule has 2 aliphatic rings. The Morgan fingerprint density at radius 2 is 1.81 bits per heavy atom. The van der Waals surface area contributed by atoms with E-state index in [-0.39, 0.29) is 0 Å². The molecule has 0 amide bonds. The topological polar surface area (TPSA) is 69.4 Å². The highest BCUT2D eigenvalue weighted by Crippen LogP contribution is 2.35. The van der Waals surface area contributed by atoms with Gasteiger partial charge in [-0.1, -0.05) is 31.4 Å². The summed E-state index contributed by atoms with van der Waals surface area (Å²) in [6.07, 6.45) is 6.64. The Labute approximate surface area is 123 Å². The number of nitro groups is 1. The summed E-state index contributed by atoms with van der Waals surface area (Å²) in [5, 5.41) is 10.5. The summed E-state index contributed by atoms with van der Waals surface area (Å²) in [7, 11) is 0. The Hall–Kier alpha value is -1.91. The van der Waals surface area contributed by atoms with E-state index in [0.29, 0.717) is 18.1 Å². The number of carbonyl (C=O) groups excluding carboxylic acids is 1. The summed E-state index contributed by atoms with van der Waals surface area (Å²) in [5.41, 5.74) is 1.30. The molecule has 112 valence electrons. The number of rotatable bonds is 4. The Morgan fingerprint density at radius 1 is 1.14 bits per heavy atom. The summed E-state index contributed by atoms with van der Waals surface area (Å²) in [4.78, 5) is 21.9. The van der Waals surface area contributed by atoms with Crippen LogP contribution in [-0.2, 0) is 4.79 Å². The van der Waals surface area contributed by atoms with Crippen LogP contribution in [0.15, 0.2) is 24.3 Å². The van der Waals surface area contributed by atoms with Gasteiger partial charge in [-0.2, -0.15) is 0 Å². The molecule has 5 nitrogen and oxygen atoms in total. The van der Waals surface area contributed by atoms with Gasteiger partial charge in [0.05, 0.1) is 0 Å². The van der Waals surface area contributed by atoms with Crippen molar-refractivity contribution in [1.82, 2.24) is 0 Å². The summed E-state index contributed by atoms with van der Waals surface area (Å²) in [6, 6.07) is 6.86. The number of benzene rings is 1. The molecule has 0 spiro atoms. The highest BCUT2D eigenvalue weighted by molar-refractivity contribution is 5.78. The highest BCUT2D eigenvalue weighted by Gasteiger charge is 2.54. The molecule has 5 heteroatoms. The second kappa shape index (κ2) is 5.84. The maximum Gasteiger partial charge on any atom is 0.321 e. The fourth-order valence-corrected chi connectivity index (χ4v) is 3.10. The van der Waals surface area contributed by atoms with Gasteiger partial charge < -0.3 is 4.74 Å². The van der Waals surface area contributed by atoms with Crippen LogP contribution in [0.1, 0.15) is 50.0 Å². The van der Waals surface area contributed by atoms with E-state index in [4.69, 9.17) is 4.74 Å². The lowest BCUT2D eigenvalue weighted by atomic mass is 9.84. The molecule has 1 aromatic rings. The maximum atomic E-state index is 11.7. The summed E-state index contributed by atoms with van der Waals surface area (Å²) >= 11 is 0. The van der Waals surface area contributed by atoms with Crippen LogP contribution in [0.4, 0.5) is 0 Å².